The molecule has 0 aliphatic rings. The highest BCUT2D eigenvalue weighted by Gasteiger charge is 2.08. The number of hydrogen-bond acceptors (Lipinski definition) is 4. The van der Waals surface area contributed by atoms with E-state index in [2.05, 4.69) is 9.97 Å². The van der Waals surface area contributed by atoms with Crippen molar-refractivity contribution in [1.82, 2.24) is 9.97 Å². The van der Waals surface area contributed by atoms with Gasteiger partial charge in [0, 0.05) is 22.7 Å². The van der Waals surface area contributed by atoms with Crippen LogP contribution in [0.5, 0.6) is 0 Å². The zero-order valence-corrected chi connectivity index (χ0v) is 11.3. The van der Waals surface area contributed by atoms with Crippen LogP contribution in [-0.2, 0) is 0 Å². The molecule has 0 unspecified atom stereocenters. The number of nitrogens with two attached hydrogens (primary N) is 1. The Hall–Kier alpha value is -2.53. The molecule has 0 fully saturated rings. The normalized spacial score (nSPS) is 10.4. The zero-order valence-electron chi connectivity index (χ0n) is 10.5. The average molecular weight is 281 g/mol. The third-order valence-electron chi connectivity index (χ3n) is 2.85. The maximum atomic E-state index is 11.0. The zero-order chi connectivity index (χ0) is 13.9. The van der Waals surface area contributed by atoms with Gasteiger partial charge in [-0.2, -0.15) is 0 Å². The van der Waals surface area contributed by atoms with Crippen molar-refractivity contribution in [3.8, 4) is 22.0 Å². The summed E-state index contributed by atoms with van der Waals surface area (Å²) in [6.07, 6.45) is 1.75. The Balaban J connectivity index is 1.92. The first-order chi connectivity index (χ1) is 9.74. The van der Waals surface area contributed by atoms with Gasteiger partial charge in [-0.1, -0.05) is 18.2 Å². The Bertz CT molecular complexity index is 735. The van der Waals surface area contributed by atoms with Gasteiger partial charge in [0.2, 0.25) is 5.91 Å². The largest absolute Gasteiger partial charge is 0.366 e. The molecule has 5 heteroatoms. The van der Waals surface area contributed by atoms with Gasteiger partial charge in [-0.15, -0.1) is 11.3 Å². The maximum absolute atomic E-state index is 11.0. The molecular formula is C15H11N3OS. The third-order valence-corrected chi connectivity index (χ3v) is 3.74. The summed E-state index contributed by atoms with van der Waals surface area (Å²) >= 11 is 1.54. The van der Waals surface area contributed by atoms with Gasteiger partial charge < -0.3 is 5.73 Å². The maximum Gasteiger partial charge on any atom is 0.248 e. The van der Waals surface area contributed by atoms with Gasteiger partial charge in [0.25, 0.3) is 0 Å². The summed E-state index contributed by atoms with van der Waals surface area (Å²) in [7, 11) is 0. The van der Waals surface area contributed by atoms with Crippen LogP contribution in [0.3, 0.4) is 0 Å². The number of carbonyl (C=O) groups excluding carboxylic acids is 1. The minimum atomic E-state index is -0.426. The Kier molecular flexibility index (Phi) is 3.26. The number of benzene rings is 1. The molecular weight excluding hydrogens is 270 g/mol. The molecule has 0 aliphatic carbocycles. The molecule has 0 bridgehead atoms. The van der Waals surface area contributed by atoms with E-state index in [1.54, 1.807) is 29.7 Å². The molecule has 3 rings (SSSR count). The fourth-order valence-electron chi connectivity index (χ4n) is 1.82. The second kappa shape index (κ2) is 5.22. The first kappa shape index (κ1) is 12.5. The van der Waals surface area contributed by atoms with Crippen LogP contribution in [-0.4, -0.2) is 15.9 Å². The van der Waals surface area contributed by atoms with Crippen molar-refractivity contribution in [1.29, 1.82) is 0 Å². The van der Waals surface area contributed by atoms with Gasteiger partial charge in [0.1, 0.15) is 10.7 Å². The van der Waals surface area contributed by atoms with Crippen molar-refractivity contribution in [3.05, 3.63) is 59.6 Å². The summed E-state index contributed by atoms with van der Waals surface area (Å²) in [5.74, 6) is -0.426. The first-order valence-corrected chi connectivity index (χ1v) is 6.89. The molecule has 0 radical (unpaired) electrons. The van der Waals surface area contributed by atoms with Gasteiger partial charge >= 0.3 is 0 Å². The summed E-state index contributed by atoms with van der Waals surface area (Å²) in [5, 5.41) is 2.86. The highest BCUT2D eigenvalue weighted by Crippen LogP contribution is 2.27. The van der Waals surface area contributed by atoms with Gasteiger partial charge in [0.05, 0.1) is 5.69 Å². The first-order valence-electron chi connectivity index (χ1n) is 6.01. The lowest BCUT2D eigenvalue weighted by molar-refractivity contribution is 0.100. The second-order valence-corrected chi connectivity index (χ2v) is 5.05. The smallest absolute Gasteiger partial charge is 0.248 e. The average Bonchev–Trinajstić information content (AvgIpc) is 2.98. The van der Waals surface area contributed by atoms with Crippen LogP contribution in [0, 0.1) is 0 Å². The van der Waals surface area contributed by atoms with Crippen LogP contribution in [0.15, 0.2) is 54.0 Å². The molecule has 20 heavy (non-hydrogen) atoms. The highest BCUT2D eigenvalue weighted by atomic mass is 32.1. The molecule has 2 N–H and O–H groups in total. The van der Waals surface area contributed by atoms with E-state index >= 15 is 0 Å². The van der Waals surface area contributed by atoms with E-state index in [1.807, 2.05) is 35.7 Å². The van der Waals surface area contributed by atoms with Crippen LogP contribution in [0.25, 0.3) is 22.0 Å². The van der Waals surface area contributed by atoms with E-state index in [1.165, 1.54) is 0 Å². The Morgan fingerprint density at radius 3 is 2.50 bits per heavy atom. The van der Waals surface area contributed by atoms with Crippen LogP contribution >= 0.6 is 11.3 Å². The molecule has 0 saturated carbocycles. The molecule has 0 saturated heterocycles. The molecule has 0 aliphatic heterocycles. The standard InChI is InChI=1S/C15H11N3OS/c16-14(19)10-4-6-11(7-5-10)15-18-13(9-20-15)12-3-1-2-8-17-12/h1-9H,(H2,16,19). The molecule has 1 aromatic carbocycles. The number of carbonyl (C=O) groups is 1. The van der Waals surface area contributed by atoms with Gasteiger partial charge in [0.15, 0.2) is 0 Å². The Morgan fingerprint density at radius 2 is 1.85 bits per heavy atom. The predicted octanol–water partition coefficient (Wildman–Crippen LogP) is 2.97. The van der Waals surface area contributed by atoms with Crippen molar-refractivity contribution >= 4 is 17.2 Å². The molecule has 4 nitrogen and oxygen atoms in total. The summed E-state index contributed by atoms with van der Waals surface area (Å²) in [5.41, 5.74) is 8.38. The SMILES string of the molecule is NC(=O)c1ccc(-c2nc(-c3ccccn3)cs2)cc1. The van der Waals surface area contributed by atoms with Crippen molar-refractivity contribution < 1.29 is 4.79 Å². The Labute approximate surface area is 119 Å². The van der Waals surface area contributed by atoms with E-state index in [-0.39, 0.29) is 0 Å². The van der Waals surface area contributed by atoms with Crippen LogP contribution in [0.4, 0.5) is 0 Å². The fraction of sp³-hybridized carbons (Fsp3) is 0. The van der Waals surface area contributed by atoms with Crippen molar-refractivity contribution in [2.45, 2.75) is 0 Å². The predicted molar refractivity (Wildman–Crippen MR) is 79.3 cm³/mol. The topological polar surface area (TPSA) is 68.9 Å². The summed E-state index contributed by atoms with van der Waals surface area (Å²) in [6, 6.07) is 12.8. The molecule has 0 spiro atoms. The lowest BCUT2D eigenvalue weighted by Crippen LogP contribution is -2.10. The lowest BCUT2D eigenvalue weighted by atomic mass is 10.1. The van der Waals surface area contributed by atoms with Crippen LogP contribution < -0.4 is 5.73 Å². The number of nitrogens with zero attached hydrogens (tertiary/aromatic N) is 2. The quantitative estimate of drug-likeness (QED) is 0.802. The summed E-state index contributed by atoms with van der Waals surface area (Å²) < 4.78 is 0. The Morgan fingerprint density at radius 1 is 1.05 bits per heavy atom. The van der Waals surface area contributed by atoms with Gasteiger partial charge in [-0.25, -0.2) is 4.98 Å². The van der Waals surface area contributed by atoms with E-state index < -0.39 is 5.91 Å². The van der Waals surface area contributed by atoms with E-state index in [4.69, 9.17) is 5.73 Å². The van der Waals surface area contributed by atoms with Gasteiger partial charge in [-0.05, 0) is 24.3 Å². The minimum absolute atomic E-state index is 0.426. The molecule has 3 aromatic rings. The van der Waals surface area contributed by atoms with Crippen molar-refractivity contribution in [2.24, 2.45) is 5.73 Å². The number of pyridine rings is 1. The molecule has 2 aromatic heterocycles. The number of thiazole rings is 1. The van der Waals surface area contributed by atoms with Gasteiger partial charge in [-0.3, -0.25) is 9.78 Å². The minimum Gasteiger partial charge on any atom is -0.366 e. The van der Waals surface area contributed by atoms with Crippen molar-refractivity contribution in [2.75, 3.05) is 0 Å². The van der Waals surface area contributed by atoms with Crippen LogP contribution in [0.2, 0.25) is 0 Å². The van der Waals surface area contributed by atoms with Crippen molar-refractivity contribution in [3.63, 3.8) is 0 Å². The molecule has 1 amide bonds. The third kappa shape index (κ3) is 2.44. The fourth-order valence-corrected chi connectivity index (χ4v) is 2.64. The molecule has 2 heterocycles. The summed E-state index contributed by atoms with van der Waals surface area (Å²) in [4.78, 5) is 19.9. The number of rotatable bonds is 3. The number of hydrogen-bond donors (Lipinski definition) is 1. The molecule has 0 atom stereocenters. The van der Waals surface area contributed by atoms with E-state index in [0.29, 0.717) is 5.56 Å². The molecule has 98 valence electrons. The van der Waals surface area contributed by atoms with Crippen LogP contribution in [0.1, 0.15) is 10.4 Å². The number of amides is 1. The summed E-state index contributed by atoms with van der Waals surface area (Å²) in [6.45, 7) is 0. The number of aromatic nitrogens is 2. The monoisotopic (exact) mass is 281 g/mol. The highest BCUT2D eigenvalue weighted by molar-refractivity contribution is 7.13. The second-order valence-electron chi connectivity index (χ2n) is 4.19. The number of primary amides is 1. The van der Waals surface area contributed by atoms with E-state index in [9.17, 15) is 4.79 Å². The lowest BCUT2D eigenvalue weighted by Gasteiger charge is -1.98. The van der Waals surface area contributed by atoms with E-state index in [0.717, 1.165) is 22.0 Å².